The second kappa shape index (κ2) is 19.2. The Bertz CT molecular complexity index is 1740. The van der Waals surface area contributed by atoms with Crippen molar-refractivity contribution >= 4 is 11.8 Å². The number of aliphatic hydroxyl groups is 3. The molecule has 0 radical (unpaired) electrons. The topological polar surface area (TPSA) is 187 Å². The molecular weight excluding hydrogens is 805 g/mol. The molecule has 7 rings (SSSR count). The van der Waals surface area contributed by atoms with E-state index in [1.54, 1.807) is 40.2 Å². The Labute approximate surface area is 366 Å². The van der Waals surface area contributed by atoms with Gasteiger partial charge in [-0.1, -0.05) is 58.1 Å². The van der Waals surface area contributed by atoms with Gasteiger partial charge < -0.3 is 62.7 Å². The molecule has 15 nitrogen and oxygen atoms in total. The number of esters is 1. The zero-order chi connectivity index (χ0) is 44.8. The van der Waals surface area contributed by atoms with Crippen LogP contribution in [0.3, 0.4) is 0 Å². The monoisotopic (exact) mass is 874 g/mol. The molecule has 0 amide bonds. The molecule has 1 spiro atoms. The molecule has 1 aliphatic carbocycles. The number of Topliss-reactive ketones (excluding diaryl/α,β-unsaturated/α-hetero) is 1. The molecular formula is C47H70O15. The molecule has 6 aliphatic heterocycles. The van der Waals surface area contributed by atoms with E-state index in [0.29, 0.717) is 36.8 Å². The lowest BCUT2D eigenvalue weighted by atomic mass is 9.71. The largest absolute Gasteiger partial charge is 0.462 e. The summed E-state index contributed by atoms with van der Waals surface area (Å²) in [6.07, 6.45) is 2.65. The molecule has 15 heteroatoms. The van der Waals surface area contributed by atoms with E-state index in [9.17, 15) is 24.9 Å². The third-order valence-electron chi connectivity index (χ3n) is 14.3. The summed E-state index contributed by atoms with van der Waals surface area (Å²) >= 11 is 0. The fourth-order valence-electron chi connectivity index (χ4n) is 10.7. The molecule has 6 heterocycles. The van der Waals surface area contributed by atoms with Gasteiger partial charge in [-0.15, -0.1) is 0 Å². The number of aliphatic hydroxyl groups excluding tert-OH is 2. The highest BCUT2D eigenvalue weighted by Crippen LogP contribution is 2.47. The molecule has 0 unspecified atom stereocenters. The first-order valence-corrected chi connectivity index (χ1v) is 22.6. The number of methoxy groups -OCH3 is 2. The Morgan fingerprint density at radius 2 is 1.56 bits per heavy atom. The highest BCUT2D eigenvalue weighted by molar-refractivity contribution is 6.03. The summed E-state index contributed by atoms with van der Waals surface area (Å²) in [6, 6.07) is 0. The predicted octanol–water partition coefficient (Wildman–Crippen LogP) is 4.39. The van der Waals surface area contributed by atoms with Gasteiger partial charge in [-0.2, -0.15) is 0 Å². The number of rotatable bonds is 7. The van der Waals surface area contributed by atoms with Crippen molar-refractivity contribution < 1.29 is 72.3 Å². The van der Waals surface area contributed by atoms with E-state index >= 15 is 0 Å². The lowest BCUT2D eigenvalue weighted by molar-refractivity contribution is -0.353. The molecule has 19 atom stereocenters. The van der Waals surface area contributed by atoms with Crippen molar-refractivity contribution in [2.75, 3.05) is 20.8 Å². The Hall–Kier alpha value is -2.38. The minimum absolute atomic E-state index is 0.0503. The smallest absolute Gasteiger partial charge is 0.316 e. The summed E-state index contributed by atoms with van der Waals surface area (Å²) in [7, 11) is 3.19. The molecule has 62 heavy (non-hydrogen) atoms. The Kier molecular flexibility index (Phi) is 14.8. The van der Waals surface area contributed by atoms with Crippen molar-refractivity contribution in [1.82, 2.24) is 0 Å². The van der Waals surface area contributed by atoms with Gasteiger partial charge >= 0.3 is 5.97 Å². The van der Waals surface area contributed by atoms with Gasteiger partial charge in [0, 0.05) is 58.2 Å². The van der Waals surface area contributed by atoms with Crippen molar-refractivity contribution in [2.45, 2.75) is 191 Å². The first kappa shape index (κ1) is 47.6. The normalized spacial score (nSPS) is 48.2. The van der Waals surface area contributed by atoms with Gasteiger partial charge in [0.1, 0.15) is 29.8 Å². The molecule has 0 aromatic rings. The molecule has 0 saturated carbocycles. The third kappa shape index (κ3) is 9.48. The maximum absolute atomic E-state index is 14.3. The number of fused-ring (bicyclic) bond motifs is 2. The molecule has 5 fully saturated rings. The standard InChI is InChI=1S/C47H70O15/c1-23(2)41-27(6)34(48)21-46(62-41)20-32-17-31(61-46)15-14-25(4)42(24(3)12-11-13-30-22-55-44-39(49)26(5)16-33(45(51)58-32)47(30,44)52)59-38-19-36(54-10)43(29(8)57-38)60-37-18-35(53-9)40(50)28(7)56-37/h11-14,16,23-24,27-29,31-38,40-44,48,50,52H,15,17-22H2,1-10H3/b12-11-,25-14-,30-13?/t24-,27-,28-,29-,31+,32-,33-,34-,35-,36-,37-,38-,40-,41+,42-,43-,44+,46-,47+/m0/s1. The zero-order valence-electron chi connectivity index (χ0n) is 38.0. The van der Waals surface area contributed by atoms with E-state index < -0.39 is 103 Å². The van der Waals surface area contributed by atoms with Gasteiger partial charge in [0.25, 0.3) is 0 Å². The van der Waals surface area contributed by atoms with Gasteiger partial charge in [-0.25, -0.2) is 0 Å². The van der Waals surface area contributed by atoms with Crippen LogP contribution in [0, 0.1) is 23.7 Å². The number of ketones is 1. The fourth-order valence-corrected chi connectivity index (χ4v) is 10.7. The summed E-state index contributed by atoms with van der Waals surface area (Å²) in [6.45, 7) is 15.4. The van der Waals surface area contributed by atoms with E-state index in [4.69, 9.17) is 47.4 Å². The maximum atomic E-state index is 14.3. The molecule has 0 aromatic carbocycles. The highest BCUT2D eigenvalue weighted by Gasteiger charge is 2.60. The summed E-state index contributed by atoms with van der Waals surface area (Å²) in [5.74, 6) is -3.77. The van der Waals surface area contributed by atoms with Crippen molar-refractivity contribution in [3.05, 3.63) is 47.1 Å². The van der Waals surface area contributed by atoms with Crippen LogP contribution in [0.4, 0.5) is 0 Å². The third-order valence-corrected chi connectivity index (χ3v) is 14.3. The minimum Gasteiger partial charge on any atom is -0.462 e. The number of allylic oxidation sites excluding steroid dienone is 2. The van der Waals surface area contributed by atoms with Gasteiger partial charge in [0.15, 0.2) is 30.3 Å². The SMILES string of the molecule is CO[C@H]1C[C@H](O[C@H]2[C@H](C)O[C@@H](O[C@@H]3/C(C)=C\C[C@@H]4C[C@@H](C[C@]5(C[C@H](O)[C@H](C)[C@@H](C(C)C)O5)O4)OC(=O)[C@@H]4C=C(C)C(=O)[C@H]5OCC(=C/C=C\[C@@H]3C)[C@]54O)C[C@@H]2OC)O[C@@H](C)[C@@H]1O. The van der Waals surface area contributed by atoms with E-state index in [0.717, 1.165) is 5.57 Å². The maximum Gasteiger partial charge on any atom is 0.316 e. The van der Waals surface area contributed by atoms with Crippen molar-refractivity contribution in [1.29, 1.82) is 0 Å². The first-order chi connectivity index (χ1) is 29.4. The molecule has 3 N–H and O–H groups in total. The van der Waals surface area contributed by atoms with E-state index in [1.807, 2.05) is 33.8 Å². The number of hydrogen-bond acceptors (Lipinski definition) is 15. The van der Waals surface area contributed by atoms with Crippen LogP contribution in [-0.4, -0.2) is 145 Å². The first-order valence-electron chi connectivity index (χ1n) is 22.6. The fraction of sp³-hybridized carbons (Fsp3) is 0.787. The van der Waals surface area contributed by atoms with Crippen LogP contribution in [0.25, 0.3) is 0 Å². The Balaban J connectivity index is 1.19. The summed E-state index contributed by atoms with van der Waals surface area (Å²) in [5.41, 5.74) is -0.347. The van der Waals surface area contributed by atoms with Crippen LogP contribution in [0.15, 0.2) is 47.1 Å². The molecule has 7 aliphatic rings. The minimum atomic E-state index is -1.97. The second-order valence-electron chi connectivity index (χ2n) is 19.1. The van der Waals surface area contributed by atoms with E-state index in [2.05, 4.69) is 19.9 Å². The van der Waals surface area contributed by atoms with Gasteiger partial charge in [0.2, 0.25) is 0 Å². The number of carbonyl (C=O) groups is 2. The highest BCUT2D eigenvalue weighted by atomic mass is 16.7. The van der Waals surface area contributed by atoms with Crippen LogP contribution in [0.2, 0.25) is 0 Å². The molecule has 348 valence electrons. The lowest BCUT2D eigenvalue weighted by Crippen LogP contribution is -2.59. The van der Waals surface area contributed by atoms with Crippen molar-refractivity contribution in [3.8, 4) is 0 Å². The van der Waals surface area contributed by atoms with Gasteiger partial charge in [-0.05, 0) is 56.8 Å². The Morgan fingerprint density at radius 1 is 0.871 bits per heavy atom. The van der Waals surface area contributed by atoms with Crippen LogP contribution < -0.4 is 0 Å². The van der Waals surface area contributed by atoms with Gasteiger partial charge in [-0.3, -0.25) is 9.59 Å². The average Bonchev–Trinajstić information content (AvgIpc) is 3.56. The van der Waals surface area contributed by atoms with E-state index in [1.165, 1.54) is 6.08 Å². The van der Waals surface area contributed by atoms with E-state index in [-0.39, 0.29) is 49.1 Å². The summed E-state index contributed by atoms with van der Waals surface area (Å²) in [4.78, 5) is 27.7. The Morgan fingerprint density at radius 3 is 2.27 bits per heavy atom. The predicted molar refractivity (Wildman–Crippen MR) is 223 cm³/mol. The number of carbonyl (C=O) groups excluding carboxylic acids is 2. The van der Waals surface area contributed by atoms with Crippen molar-refractivity contribution in [2.24, 2.45) is 23.7 Å². The van der Waals surface area contributed by atoms with Crippen LogP contribution >= 0.6 is 0 Å². The van der Waals surface area contributed by atoms with Crippen LogP contribution in [0.1, 0.15) is 93.9 Å². The number of ether oxygens (including phenoxy) is 10. The van der Waals surface area contributed by atoms with Crippen molar-refractivity contribution in [3.63, 3.8) is 0 Å². The molecule has 2 bridgehead atoms. The van der Waals surface area contributed by atoms with Crippen LogP contribution in [-0.2, 0) is 57.0 Å². The zero-order valence-corrected chi connectivity index (χ0v) is 38.0. The van der Waals surface area contributed by atoms with Gasteiger partial charge in [0.05, 0.1) is 55.4 Å². The summed E-state index contributed by atoms with van der Waals surface area (Å²) in [5, 5.41) is 34.3. The summed E-state index contributed by atoms with van der Waals surface area (Å²) < 4.78 is 63.2. The second-order valence-corrected chi connectivity index (χ2v) is 19.1. The molecule has 5 saturated heterocycles. The molecule has 0 aromatic heterocycles. The number of hydrogen-bond donors (Lipinski definition) is 3. The average molecular weight is 875 g/mol. The van der Waals surface area contributed by atoms with Crippen LogP contribution in [0.5, 0.6) is 0 Å². The lowest BCUT2D eigenvalue weighted by Gasteiger charge is -2.52. The quantitative estimate of drug-likeness (QED) is 0.241.